The molecule has 0 amide bonds. The SMILES string of the molecule is CCC1COCCN1Cc1nc(C)cc(NC)n1. The molecule has 18 heavy (non-hydrogen) atoms. The van der Waals surface area contributed by atoms with E-state index in [1.165, 1.54) is 0 Å². The monoisotopic (exact) mass is 250 g/mol. The Morgan fingerprint density at radius 3 is 3.06 bits per heavy atom. The van der Waals surface area contributed by atoms with Crippen molar-refractivity contribution in [1.29, 1.82) is 0 Å². The summed E-state index contributed by atoms with van der Waals surface area (Å²) in [6.07, 6.45) is 1.10. The lowest BCUT2D eigenvalue weighted by Gasteiger charge is -2.34. The second-order valence-electron chi connectivity index (χ2n) is 4.67. The van der Waals surface area contributed by atoms with Crippen molar-refractivity contribution >= 4 is 5.82 Å². The molecular weight excluding hydrogens is 228 g/mol. The summed E-state index contributed by atoms with van der Waals surface area (Å²) in [5.74, 6) is 1.78. The first-order valence-corrected chi connectivity index (χ1v) is 6.57. The normalized spacial score (nSPS) is 20.9. The van der Waals surface area contributed by atoms with Crippen LogP contribution in [0.3, 0.4) is 0 Å². The van der Waals surface area contributed by atoms with Crippen LogP contribution in [-0.2, 0) is 11.3 Å². The highest BCUT2D eigenvalue weighted by Crippen LogP contribution is 2.14. The number of hydrogen-bond acceptors (Lipinski definition) is 5. The summed E-state index contributed by atoms with van der Waals surface area (Å²) in [5.41, 5.74) is 1.01. The van der Waals surface area contributed by atoms with E-state index in [1.807, 2.05) is 20.0 Å². The summed E-state index contributed by atoms with van der Waals surface area (Å²) in [6, 6.07) is 2.45. The average Bonchev–Trinajstić information content (AvgIpc) is 2.38. The minimum Gasteiger partial charge on any atom is -0.378 e. The Kier molecular flexibility index (Phi) is 4.49. The van der Waals surface area contributed by atoms with Gasteiger partial charge in [-0.15, -0.1) is 0 Å². The van der Waals surface area contributed by atoms with E-state index >= 15 is 0 Å². The molecule has 1 fully saturated rings. The van der Waals surface area contributed by atoms with Crippen molar-refractivity contribution in [3.05, 3.63) is 17.6 Å². The zero-order chi connectivity index (χ0) is 13.0. The van der Waals surface area contributed by atoms with Crippen molar-refractivity contribution in [2.45, 2.75) is 32.9 Å². The lowest BCUT2D eigenvalue weighted by atomic mass is 10.2. The fraction of sp³-hybridized carbons (Fsp3) is 0.692. The molecule has 1 unspecified atom stereocenters. The quantitative estimate of drug-likeness (QED) is 0.876. The van der Waals surface area contributed by atoms with Crippen LogP contribution in [0.4, 0.5) is 5.82 Å². The molecule has 1 atom stereocenters. The molecule has 5 heteroatoms. The Morgan fingerprint density at radius 1 is 1.50 bits per heavy atom. The second-order valence-corrected chi connectivity index (χ2v) is 4.67. The molecule has 2 heterocycles. The van der Waals surface area contributed by atoms with Gasteiger partial charge in [0.05, 0.1) is 19.8 Å². The van der Waals surface area contributed by atoms with Crippen LogP contribution in [0.25, 0.3) is 0 Å². The van der Waals surface area contributed by atoms with Crippen molar-refractivity contribution in [3.63, 3.8) is 0 Å². The van der Waals surface area contributed by atoms with Gasteiger partial charge in [-0.25, -0.2) is 9.97 Å². The first kappa shape index (κ1) is 13.2. The van der Waals surface area contributed by atoms with E-state index in [9.17, 15) is 0 Å². The summed E-state index contributed by atoms with van der Waals surface area (Å²) in [5, 5.41) is 3.08. The van der Waals surface area contributed by atoms with E-state index in [1.54, 1.807) is 0 Å². The van der Waals surface area contributed by atoms with Crippen molar-refractivity contribution in [1.82, 2.24) is 14.9 Å². The first-order chi connectivity index (χ1) is 8.72. The number of hydrogen-bond donors (Lipinski definition) is 1. The number of nitrogens with zero attached hydrogens (tertiary/aromatic N) is 3. The molecule has 1 aromatic rings. The highest BCUT2D eigenvalue weighted by atomic mass is 16.5. The fourth-order valence-corrected chi connectivity index (χ4v) is 2.28. The zero-order valence-corrected chi connectivity index (χ0v) is 11.4. The topological polar surface area (TPSA) is 50.3 Å². The molecule has 1 saturated heterocycles. The molecule has 1 aromatic heterocycles. The molecule has 1 aliphatic rings. The van der Waals surface area contributed by atoms with Crippen molar-refractivity contribution < 1.29 is 4.74 Å². The summed E-state index contributed by atoms with van der Waals surface area (Å²) in [6.45, 7) is 7.59. The van der Waals surface area contributed by atoms with Crippen LogP contribution in [0.5, 0.6) is 0 Å². The number of aryl methyl sites for hydroxylation is 1. The molecule has 100 valence electrons. The highest BCUT2D eigenvalue weighted by Gasteiger charge is 2.22. The van der Waals surface area contributed by atoms with E-state index in [4.69, 9.17) is 4.74 Å². The van der Waals surface area contributed by atoms with Gasteiger partial charge in [-0.05, 0) is 13.3 Å². The van der Waals surface area contributed by atoms with E-state index < -0.39 is 0 Å². The molecule has 0 radical (unpaired) electrons. The number of nitrogens with one attached hydrogen (secondary N) is 1. The first-order valence-electron chi connectivity index (χ1n) is 6.57. The van der Waals surface area contributed by atoms with Crippen LogP contribution < -0.4 is 5.32 Å². The molecule has 0 saturated carbocycles. The van der Waals surface area contributed by atoms with Gasteiger partial charge in [-0.2, -0.15) is 0 Å². The summed E-state index contributed by atoms with van der Waals surface area (Å²) in [4.78, 5) is 11.4. The lowest BCUT2D eigenvalue weighted by Crippen LogP contribution is -2.44. The molecule has 5 nitrogen and oxygen atoms in total. The summed E-state index contributed by atoms with van der Waals surface area (Å²) in [7, 11) is 1.88. The standard InChI is InChI=1S/C13H22N4O/c1-4-11-9-18-6-5-17(11)8-13-15-10(2)7-12(14-3)16-13/h7,11H,4-6,8-9H2,1-3H3,(H,14,15,16). The molecule has 2 rings (SSSR count). The van der Waals surface area contributed by atoms with Crippen molar-refractivity contribution in [2.75, 3.05) is 32.1 Å². The van der Waals surface area contributed by atoms with E-state index in [2.05, 4.69) is 27.1 Å². The van der Waals surface area contributed by atoms with Gasteiger partial charge in [0.2, 0.25) is 0 Å². The van der Waals surface area contributed by atoms with E-state index in [0.29, 0.717) is 6.04 Å². The molecular formula is C13H22N4O. The predicted molar refractivity (Wildman–Crippen MR) is 71.6 cm³/mol. The van der Waals surface area contributed by atoms with Gasteiger partial charge in [0.1, 0.15) is 11.6 Å². The average molecular weight is 250 g/mol. The Bertz CT molecular complexity index is 397. The van der Waals surface area contributed by atoms with Crippen LogP contribution >= 0.6 is 0 Å². The van der Waals surface area contributed by atoms with Crippen molar-refractivity contribution in [3.8, 4) is 0 Å². The Hall–Kier alpha value is -1.20. The number of aromatic nitrogens is 2. The molecule has 0 aromatic carbocycles. The van der Waals surface area contributed by atoms with Crippen LogP contribution in [0.15, 0.2) is 6.07 Å². The number of ether oxygens (including phenoxy) is 1. The van der Waals surface area contributed by atoms with Gasteiger partial charge < -0.3 is 10.1 Å². The van der Waals surface area contributed by atoms with Crippen LogP contribution in [-0.4, -0.2) is 47.7 Å². The lowest BCUT2D eigenvalue weighted by molar-refractivity contribution is -0.0138. The smallest absolute Gasteiger partial charge is 0.144 e. The fourth-order valence-electron chi connectivity index (χ4n) is 2.28. The Labute approximate surface area is 109 Å². The third-order valence-electron chi connectivity index (χ3n) is 3.32. The zero-order valence-electron chi connectivity index (χ0n) is 11.4. The summed E-state index contributed by atoms with van der Waals surface area (Å²) < 4.78 is 5.51. The van der Waals surface area contributed by atoms with Crippen LogP contribution in [0.2, 0.25) is 0 Å². The Balaban J connectivity index is 2.09. The van der Waals surface area contributed by atoms with Crippen molar-refractivity contribution in [2.24, 2.45) is 0 Å². The van der Waals surface area contributed by atoms with E-state index in [0.717, 1.165) is 50.1 Å². The number of anilines is 1. The molecule has 0 bridgehead atoms. The second kappa shape index (κ2) is 6.11. The maximum atomic E-state index is 5.51. The molecule has 0 spiro atoms. The van der Waals surface area contributed by atoms with E-state index in [-0.39, 0.29) is 0 Å². The molecule has 0 aliphatic carbocycles. The summed E-state index contributed by atoms with van der Waals surface area (Å²) >= 11 is 0. The van der Waals surface area contributed by atoms with Gasteiger partial charge in [-0.1, -0.05) is 6.92 Å². The highest BCUT2D eigenvalue weighted by molar-refractivity contribution is 5.34. The largest absolute Gasteiger partial charge is 0.378 e. The van der Waals surface area contributed by atoms with Gasteiger partial charge in [0.25, 0.3) is 0 Å². The Morgan fingerprint density at radius 2 is 2.33 bits per heavy atom. The minimum absolute atomic E-state index is 0.487. The van der Waals surface area contributed by atoms with Crippen LogP contribution in [0, 0.1) is 6.92 Å². The van der Waals surface area contributed by atoms with Gasteiger partial charge in [0, 0.05) is 31.4 Å². The van der Waals surface area contributed by atoms with Gasteiger partial charge in [0.15, 0.2) is 0 Å². The minimum atomic E-state index is 0.487. The number of rotatable bonds is 4. The molecule has 1 aliphatic heterocycles. The maximum Gasteiger partial charge on any atom is 0.144 e. The third kappa shape index (κ3) is 3.17. The van der Waals surface area contributed by atoms with Crippen LogP contribution in [0.1, 0.15) is 24.9 Å². The van der Waals surface area contributed by atoms with Gasteiger partial charge in [-0.3, -0.25) is 4.90 Å². The molecule has 1 N–H and O–H groups in total. The predicted octanol–water partition coefficient (Wildman–Crippen LogP) is 1.44. The van der Waals surface area contributed by atoms with Gasteiger partial charge >= 0.3 is 0 Å². The number of morpholine rings is 1. The third-order valence-corrected chi connectivity index (χ3v) is 3.32. The maximum absolute atomic E-state index is 5.51.